The summed E-state index contributed by atoms with van der Waals surface area (Å²) in [5, 5.41) is 0. The van der Waals surface area contributed by atoms with Gasteiger partial charge in [-0.25, -0.2) is 8.42 Å². The van der Waals surface area contributed by atoms with Crippen molar-refractivity contribution in [2.45, 2.75) is 19.2 Å². The van der Waals surface area contributed by atoms with E-state index in [0.29, 0.717) is 17.9 Å². The third-order valence-electron chi connectivity index (χ3n) is 2.58. The molecule has 6 heteroatoms. The summed E-state index contributed by atoms with van der Waals surface area (Å²) in [5.74, 6) is 1.55. The van der Waals surface area contributed by atoms with Crippen LogP contribution in [0.5, 0.6) is 11.5 Å². The maximum absolute atomic E-state index is 11.6. The van der Waals surface area contributed by atoms with Gasteiger partial charge in [0.2, 0.25) is 0 Å². The number of ether oxygens (including phenoxy) is 2. The second-order valence-electron chi connectivity index (χ2n) is 4.08. The van der Waals surface area contributed by atoms with E-state index in [4.69, 9.17) is 21.1 Å². The average Bonchev–Trinajstić information content (AvgIpc) is 2.38. The molecule has 0 bridgehead atoms. The number of methoxy groups -OCH3 is 1. The minimum atomic E-state index is -3.04. The van der Waals surface area contributed by atoms with Crippen LogP contribution in [-0.4, -0.2) is 33.6 Å². The zero-order valence-corrected chi connectivity index (χ0v) is 12.8. The van der Waals surface area contributed by atoms with Crippen LogP contribution in [0.3, 0.4) is 0 Å². The van der Waals surface area contributed by atoms with Crippen molar-refractivity contribution >= 4 is 21.4 Å². The maximum Gasteiger partial charge on any atom is 0.165 e. The van der Waals surface area contributed by atoms with Crippen molar-refractivity contribution in [2.75, 3.05) is 25.2 Å². The van der Waals surface area contributed by atoms with E-state index in [9.17, 15) is 8.42 Å². The molecule has 108 valence electrons. The van der Waals surface area contributed by atoms with Crippen LogP contribution in [0.1, 0.15) is 18.9 Å². The van der Waals surface area contributed by atoms with E-state index in [0.717, 1.165) is 5.56 Å². The highest BCUT2D eigenvalue weighted by Crippen LogP contribution is 2.32. The van der Waals surface area contributed by atoms with Crippen molar-refractivity contribution in [3.63, 3.8) is 0 Å². The number of hydrogen-bond donors (Lipinski definition) is 0. The second kappa shape index (κ2) is 7.60. The SMILES string of the molecule is CCCS(=O)(=O)CCOc1c(CCl)cccc1OC. The van der Waals surface area contributed by atoms with E-state index < -0.39 is 9.84 Å². The normalized spacial score (nSPS) is 11.3. The van der Waals surface area contributed by atoms with Crippen LogP contribution in [-0.2, 0) is 15.7 Å². The topological polar surface area (TPSA) is 52.6 Å². The third kappa shape index (κ3) is 4.91. The van der Waals surface area contributed by atoms with Crippen LogP contribution in [0, 0.1) is 0 Å². The van der Waals surface area contributed by atoms with Crippen LogP contribution < -0.4 is 9.47 Å². The maximum atomic E-state index is 11.6. The predicted molar refractivity (Wildman–Crippen MR) is 77.0 cm³/mol. The molecule has 0 aliphatic rings. The van der Waals surface area contributed by atoms with Gasteiger partial charge in [0.1, 0.15) is 6.61 Å². The lowest BCUT2D eigenvalue weighted by Crippen LogP contribution is -2.17. The fraction of sp³-hybridized carbons (Fsp3) is 0.538. The Bertz CT molecular complexity index is 477. The number of halogens is 1. The minimum absolute atomic E-state index is 0.000609. The van der Waals surface area contributed by atoms with Gasteiger partial charge in [0.05, 0.1) is 24.5 Å². The first-order valence-electron chi connectivity index (χ1n) is 6.09. The summed E-state index contributed by atoms with van der Waals surface area (Å²) in [6.07, 6.45) is 0.615. The quantitative estimate of drug-likeness (QED) is 0.693. The van der Waals surface area contributed by atoms with E-state index in [1.807, 2.05) is 19.1 Å². The third-order valence-corrected chi connectivity index (χ3v) is 4.69. The molecule has 0 unspecified atom stereocenters. The van der Waals surface area contributed by atoms with Gasteiger partial charge in [-0.2, -0.15) is 0 Å². The van der Waals surface area contributed by atoms with Gasteiger partial charge in [-0.15, -0.1) is 11.6 Å². The van der Waals surface area contributed by atoms with Gasteiger partial charge in [-0.05, 0) is 12.5 Å². The predicted octanol–water partition coefficient (Wildman–Crippen LogP) is 2.64. The lowest BCUT2D eigenvalue weighted by molar-refractivity contribution is 0.309. The first kappa shape index (κ1) is 16.1. The molecule has 1 aromatic carbocycles. The zero-order chi connectivity index (χ0) is 14.3. The Morgan fingerprint density at radius 3 is 2.58 bits per heavy atom. The standard InChI is InChI=1S/C13H19ClO4S/c1-3-8-19(15,16)9-7-18-13-11(10-14)5-4-6-12(13)17-2/h4-6H,3,7-10H2,1-2H3. The molecule has 0 N–H and O–H groups in total. The van der Waals surface area contributed by atoms with Crippen LogP contribution in [0.25, 0.3) is 0 Å². The van der Waals surface area contributed by atoms with Gasteiger partial charge >= 0.3 is 0 Å². The molecule has 0 spiro atoms. The molecule has 0 saturated heterocycles. The molecule has 0 saturated carbocycles. The summed E-state index contributed by atoms with van der Waals surface area (Å²) in [4.78, 5) is 0. The molecule has 1 aromatic rings. The van der Waals surface area contributed by atoms with E-state index in [2.05, 4.69) is 0 Å². The first-order valence-corrected chi connectivity index (χ1v) is 8.44. The molecule has 0 aliphatic carbocycles. The molecule has 0 atom stereocenters. The van der Waals surface area contributed by atoms with E-state index >= 15 is 0 Å². The second-order valence-corrected chi connectivity index (χ2v) is 6.65. The summed E-state index contributed by atoms with van der Waals surface area (Å²) >= 11 is 5.83. The van der Waals surface area contributed by atoms with Crippen LogP contribution in [0.2, 0.25) is 0 Å². The first-order chi connectivity index (χ1) is 9.04. The molecular formula is C13H19ClO4S. The Morgan fingerprint density at radius 2 is 2.00 bits per heavy atom. The molecule has 1 rings (SSSR count). The van der Waals surface area contributed by atoms with Gasteiger partial charge in [-0.3, -0.25) is 0 Å². The molecule has 0 aromatic heterocycles. The van der Waals surface area contributed by atoms with Gasteiger partial charge in [-0.1, -0.05) is 19.1 Å². The molecule has 19 heavy (non-hydrogen) atoms. The Balaban J connectivity index is 2.72. The molecule has 0 heterocycles. The number of para-hydroxylation sites is 1. The summed E-state index contributed by atoms with van der Waals surface area (Å²) in [6.45, 7) is 1.94. The molecular weight excluding hydrogens is 288 g/mol. The van der Waals surface area contributed by atoms with E-state index in [1.165, 1.54) is 7.11 Å². The Hall–Kier alpha value is -0.940. The Labute approximate surface area is 119 Å². The monoisotopic (exact) mass is 306 g/mol. The van der Waals surface area contributed by atoms with Crippen molar-refractivity contribution in [3.8, 4) is 11.5 Å². The van der Waals surface area contributed by atoms with Gasteiger partial charge < -0.3 is 9.47 Å². The molecule has 0 radical (unpaired) electrons. The van der Waals surface area contributed by atoms with Crippen LogP contribution in [0.4, 0.5) is 0 Å². The number of rotatable bonds is 8. The highest BCUT2D eigenvalue weighted by Gasteiger charge is 2.13. The molecule has 0 aliphatic heterocycles. The highest BCUT2D eigenvalue weighted by atomic mass is 35.5. The fourth-order valence-electron chi connectivity index (χ4n) is 1.67. The van der Waals surface area contributed by atoms with Crippen molar-refractivity contribution in [1.29, 1.82) is 0 Å². The minimum Gasteiger partial charge on any atom is -0.493 e. The van der Waals surface area contributed by atoms with E-state index in [-0.39, 0.29) is 24.0 Å². The zero-order valence-electron chi connectivity index (χ0n) is 11.2. The smallest absolute Gasteiger partial charge is 0.165 e. The summed E-state index contributed by atoms with van der Waals surface area (Å²) in [5.41, 5.74) is 0.786. The highest BCUT2D eigenvalue weighted by molar-refractivity contribution is 7.91. The lowest BCUT2D eigenvalue weighted by atomic mass is 10.2. The Kier molecular flexibility index (Phi) is 6.45. The summed E-state index contributed by atoms with van der Waals surface area (Å²) < 4.78 is 33.9. The average molecular weight is 307 g/mol. The van der Waals surface area contributed by atoms with Crippen molar-refractivity contribution in [2.24, 2.45) is 0 Å². The van der Waals surface area contributed by atoms with Gasteiger partial charge in [0.15, 0.2) is 21.3 Å². The number of sulfone groups is 1. The summed E-state index contributed by atoms with van der Waals surface area (Å²) in [7, 11) is -1.50. The van der Waals surface area contributed by atoms with Gasteiger partial charge in [0, 0.05) is 5.56 Å². The lowest BCUT2D eigenvalue weighted by Gasteiger charge is -2.13. The molecule has 4 nitrogen and oxygen atoms in total. The summed E-state index contributed by atoms with van der Waals surface area (Å²) in [6, 6.07) is 5.40. The number of benzene rings is 1. The van der Waals surface area contributed by atoms with E-state index in [1.54, 1.807) is 6.07 Å². The molecule has 0 amide bonds. The van der Waals surface area contributed by atoms with Crippen molar-refractivity contribution in [3.05, 3.63) is 23.8 Å². The van der Waals surface area contributed by atoms with Crippen LogP contribution >= 0.6 is 11.6 Å². The fourth-order valence-corrected chi connectivity index (χ4v) is 3.05. The Morgan fingerprint density at radius 1 is 1.26 bits per heavy atom. The number of hydrogen-bond acceptors (Lipinski definition) is 4. The van der Waals surface area contributed by atoms with Crippen LogP contribution in [0.15, 0.2) is 18.2 Å². The van der Waals surface area contributed by atoms with Crippen molar-refractivity contribution in [1.82, 2.24) is 0 Å². The largest absolute Gasteiger partial charge is 0.493 e. The molecule has 0 fully saturated rings. The van der Waals surface area contributed by atoms with Gasteiger partial charge in [0.25, 0.3) is 0 Å². The van der Waals surface area contributed by atoms with Crippen molar-refractivity contribution < 1.29 is 17.9 Å². The number of alkyl halides is 1.